The van der Waals surface area contributed by atoms with Crippen LogP contribution in [0.2, 0.25) is 0 Å². The van der Waals surface area contributed by atoms with Crippen LogP contribution in [-0.4, -0.2) is 36.3 Å². The number of alkyl halides is 3. The zero-order valence-corrected chi connectivity index (χ0v) is 13.1. The molecule has 1 aromatic rings. The molecule has 1 fully saturated rings. The Morgan fingerprint density at radius 2 is 2.25 bits per heavy atom. The highest BCUT2D eigenvalue weighted by Crippen LogP contribution is 2.29. The summed E-state index contributed by atoms with van der Waals surface area (Å²) in [6.07, 6.45) is -2.24. The molecule has 1 aliphatic heterocycles. The van der Waals surface area contributed by atoms with Crippen LogP contribution in [0.5, 0.6) is 0 Å². The molecule has 1 saturated heterocycles. The van der Waals surface area contributed by atoms with E-state index >= 15 is 0 Å². The number of carbonyl (C=O) groups is 1. The van der Waals surface area contributed by atoms with Gasteiger partial charge in [0.1, 0.15) is 11.8 Å². The first-order chi connectivity index (χ1) is 11.3. The lowest BCUT2D eigenvalue weighted by Crippen LogP contribution is -2.34. The van der Waals surface area contributed by atoms with Crippen LogP contribution in [0.15, 0.2) is 17.1 Å². The van der Waals surface area contributed by atoms with E-state index in [2.05, 4.69) is 5.32 Å². The minimum atomic E-state index is -4.62. The molecule has 0 spiro atoms. The van der Waals surface area contributed by atoms with Gasteiger partial charge in [-0.2, -0.15) is 13.2 Å². The van der Waals surface area contributed by atoms with E-state index in [1.807, 2.05) is 4.98 Å². The first-order valence-electron chi connectivity index (χ1n) is 7.61. The molecule has 24 heavy (non-hydrogen) atoms. The second-order valence-corrected chi connectivity index (χ2v) is 5.58. The Balaban J connectivity index is 1.94. The fourth-order valence-electron chi connectivity index (χ4n) is 2.24. The third kappa shape index (κ3) is 5.07. The summed E-state index contributed by atoms with van der Waals surface area (Å²) in [6.45, 7) is 2.32. The Labute approximate surface area is 136 Å². The lowest BCUT2D eigenvalue weighted by atomic mass is 10.1. The molecule has 134 valence electrons. The minimum Gasteiger partial charge on any atom is -0.376 e. The van der Waals surface area contributed by atoms with Crippen molar-refractivity contribution in [3.63, 3.8) is 0 Å². The number of aromatic nitrogens is 1. The number of carbonyl (C=O) groups excluding carboxylic acids is 1. The van der Waals surface area contributed by atoms with Crippen LogP contribution in [-0.2, 0) is 20.4 Å². The molecule has 9 heteroatoms. The van der Waals surface area contributed by atoms with Gasteiger partial charge < -0.3 is 19.8 Å². The first-order valence-corrected chi connectivity index (χ1v) is 7.61. The summed E-state index contributed by atoms with van der Waals surface area (Å²) in [4.78, 5) is 25.5. The van der Waals surface area contributed by atoms with Crippen molar-refractivity contribution in [3.8, 4) is 0 Å². The van der Waals surface area contributed by atoms with Gasteiger partial charge in [0, 0.05) is 12.8 Å². The predicted molar refractivity (Wildman–Crippen MR) is 79.7 cm³/mol. The van der Waals surface area contributed by atoms with Gasteiger partial charge in [0.25, 0.3) is 11.5 Å². The number of halogens is 3. The van der Waals surface area contributed by atoms with Gasteiger partial charge in [-0.3, -0.25) is 9.59 Å². The van der Waals surface area contributed by atoms with E-state index in [0.29, 0.717) is 18.9 Å². The second-order valence-electron chi connectivity index (χ2n) is 5.58. The summed E-state index contributed by atoms with van der Waals surface area (Å²) in [7, 11) is 0. The van der Waals surface area contributed by atoms with Crippen LogP contribution in [0.1, 0.15) is 31.7 Å². The molecular formula is C15H19F3N2O4. The summed E-state index contributed by atoms with van der Waals surface area (Å²) < 4.78 is 48.8. The Hall–Kier alpha value is -1.87. The van der Waals surface area contributed by atoms with Gasteiger partial charge in [-0.15, -0.1) is 0 Å². The van der Waals surface area contributed by atoms with Crippen LogP contribution in [0.4, 0.5) is 18.9 Å². The van der Waals surface area contributed by atoms with Gasteiger partial charge in [0.05, 0.1) is 18.3 Å². The van der Waals surface area contributed by atoms with E-state index in [1.54, 1.807) is 0 Å². The van der Waals surface area contributed by atoms with Crippen LogP contribution >= 0.6 is 0 Å². The summed E-state index contributed by atoms with van der Waals surface area (Å²) >= 11 is 0. The smallest absolute Gasteiger partial charge is 0.376 e. The number of amides is 1. The molecule has 2 rings (SSSR count). The van der Waals surface area contributed by atoms with Gasteiger partial charge >= 0.3 is 6.18 Å². The molecule has 1 amide bonds. The lowest BCUT2D eigenvalue weighted by molar-refractivity contribution is -0.138. The number of ether oxygens (including phenoxy) is 2. The topological polar surface area (TPSA) is 80.4 Å². The molecule has 0 saturated carbocycles. The zero-order chi connectivity index (χ0) is 17.7. The van der Waals surface area contributed by atoms with Crippen molar-refractivity contribution in [1.29, 1.82) is 0 Å². The van der Waals surface area contributed by atoms with E-state index in [9.17, 15) is 22.8 Å². The van der Waals surface area contributed by atoms with Crippen LogP contribution < -0.4 is 10.9 Å². The van der Waals surface area contributed by atoms with Crippen molar-refractivity contribution in [1.82, 2.24) is 4.98 Å². The average molecular weight is 348 g/mol. The average Bonchev–Trinajstić information content (AvgIpc) is 2.54. The number of hydrogen-bond acceptors (Lipinski definition) is 4. The van der Waals surface area contributed by atoms with Crippen molar-refractivity contribution in [2.45, 2.75) is 44.6 Å². The molecule has 0 radical (unpaired) electrons. The largest absolute Gasteiger partial charge is 0.417 e. The maximum atomic E-state index is 12.6. The zero-order valence-electron chi connectivity index (χ0n) is 13.1. The maximum absolute atomic E-state index is 12.6. The Bertz CT molecular complexity index is 624. The molecule has 0 bridgehead atoms. The van der Waals surface area contributed by atoms with Crippen LogP contribution in [0.3, 0.4) is 0 Å². The van der Waals surface area contributed by atoms with Gasteiger partial charge in [-0.05, 0) is 32.3 Å². The number of H-pyrrole nitrogens is 1. The molecule has 2 N–H and O–H groups in total. The fraction of sp³-hybridized carbons (Fsp3) is 0.600. The van der Waals surface area contributed by atoms with Crippen LogP contribution in [0.25, 0.3) is 0 Å². The maximum Gasteiger partial charge on any atom is 0.417 e. The molecule has 2 atom stereocenters. The van der Waals surface area contributed by atoms with Crippen molar-refractivity contribution < 1.29 is 27.4 Å². The van der Waals surface area contributed by atoms with Crippen molar-refractivity contribution >= 4 is 11.6 Å². The standard InChI is InChI=1S/C15H19F3N2O4/c1-9(24-8-11-4-2-3-5-23-11)13(21)20-12-6-10(15(16,17)18)7-19-14(12)22/h6-7,9,11H,2-5,8H2,1H3,(H,19,22)(H,20,21)/t9-,11+/m0/s1. The number of rotatable bonds is 5. The van der Waals surface area contributed by atoms with Gasteiger partial charge in [-0.25, -0.2) is 0 Å². The third-order valence-electron chi connectivity index (χ3n) is 3.66. The number of hydrogen-bond donors (Lipinski definition) is 2. The summed E-state index contributed by atoms with van der Waals surface area (Å²) in [5.74, 6) is -0.698. The summed E-state index contributed by atoms with van der Waals surface area (Å²) in [5.41, 5.74) is -2.35. The number of aromatic amines is 1. The SMILES string of the molecule is C[C@H](OC[C@H]1CCCCO1)C(=O)Nc1cc(C(F)(F)F)c[nH]c1=O. The third-order valence-corrected chi connectivity index (χ3v) is 3.66. The van der Waals surface area contributed by atoms with E-state index in [1.165, 1.54) is 6.92 Å². The molecule has 0 aromatic carbocycles. The highest BCUT2D eigenvalue weighted by molar-refractivity contribution is 5.93. The molecule has 0 unspecified atom stereocenters. The van der Waals surface area contributed by atoms with Crippen molar-refractivity contribution in [2.24, 2.45) is 0 Å². The predicted octanol–water partition coefficient (Wildman–Crippen LogP) is 2.31. The Kier molecular flexibility index (Phi) is 6.00. The number of anilines is 1. The quantitative estimate of drug-likeness (QED) is 0.856. The molecule has 6 nitrogen and oxygen atoms in total. The molecule has 2 heterocycles. The minimum absolute atomic E-state index is 0.0917. The van der Waals surface area contributed by atoms with Gasteiger partial charge in [0.15, 0.2) is 0 Å². The monoisotopic (exact) mass is 348 g/mol. The second kappa shape index (κ2) is 7.80. The molecular weight excluding hydrogens is 329 g/mol. The molecule has 1 aliphatic rings. The normalized spacial score (nSPS) is 19.8. The lowest BCUT2D eigenvalue weighted by Gasteiger charge is -2.23. The van der Waals surface area contributed by atoms with Crippen LogP contribution in [0, 0.1) is 0 Å². The fourth-order valence-corrected chi connectivity index (χ4v) is 2.24. The number of pyridine rings is 1. The summed E-state index contributed by atoms with van der Waals surface area (Å²) in [5, 5.41) is 2.16. The van der Waals surface area contributed by atoms with E-state index in [4.69, 9.17) is 9.47 Å². The van der Waals surface area contributed by atoms with E-state index in [0.717, 1.165) is 19.3 Å². The summed E-state index contributed by atoms with van der Waals surface area (Å²) in [6, 6.07) is 0.591. The van der Waals surface area contributed by atoms with E-state index in [-0.39, 0.29) is 12.7 Å². The first kappa shape index (κ1) is 18.5. The van der Waals surface area contributed by atoms with Crippen molar-refractivity contribution in [2.75, 3.05) is 18.5 Å². The van der Waals surface area contributed by atoms with Gasteiger partial charge in [-0.1, -0.05) is 0 Å². The highest BCUT2D eigenvalue weighted by Gasteiger charge is 2.31. The Morgan fingerprint density at radius 1 is 1.50 bits per heavy atom. The van der Waals surface area contributed by atoms with Gasteiger partial charge in [0.2, 0.25) is 0 Å². The van der Waals surface area contributed by atoms with Crippen molar-refractivity contribution in [3.05, 3.63) is 28.2 Å². The van der Waals surface area contributed by atoms with E-state index < -0.39 is 35.0 Å². The number of nitrogens with one attached hydrogen (secondary N) is 2. The molecule has 1 aromatic heterocycles. The highest BCUT2D eigenvalue weighted by atomic mass is 19.4. The Morgan fingerprint density at radius 3 is 2.88 bits per heavy atom. The molecule has 0 aliphatic carbocycles.